The van der Waals surface area contributed by atoms with E-state index in [1.807, 2.05) is 0 Å². The molecule has 0 radical (unpaired) electrons. The Kier molecular flexibility index (Phi) is 3.41. The van der Waals surface area contributed by atoms with Crippen LogP contribution in [0.15, 0.2) is 34.2 Å². The highest BCUT2D eigenvalue weighted by atomic mass is 32.2. The number of rotatable bonds is 3. The molecule has 1 heterocycles. The van der Waals surface area contributed by atoms with E-state index >= 15 is 0 Å². The van der Waals surface area contributed by atoms with Crippen LogP contribution < -0.4 is 0 Å². The summed E-state index contributed by atoms with van der Waals surface area (Å²) in [6, 6.07) is 6.14. The summed E-state index contributed by atoms with van der Waals surface area (Å²) in [5.74, 6) is 0.534. The molecule has 1 aliphatic rings. The van der Waals surface area contributed by atoms with Gasteiger partial charge in [-0.3, -0.25) is 0 Å². The minimum atomic E-state index is -3.19. The Bertz CT molecular complexity index is 562. The molecular formula is C12H15NO4S. The zero-order valence-electron chi connectivity index (χ0n) is 10.2. The Morgan fingerprint density at radius 2 is 1.94 bits per heavy atom. The predicted octanol–water partition coefficient (Wildman–Crippen LogP) is 0.941. The van der Waals surface area contributed by atoms with E-state index in [9.17, 15) is 13.5 Å². The second-order valence-corrected chi connectivity index (χ2v) is 6.29. The Morgan fingerprint density at radius 1 is 1.33 bits per heavy atom. The van der Waals surface area contributed by atoms with Crippen molar-refractivity contribution in [2.45, 2.75) is 24.0 Å². The molecule has 0 aromatic heterocycles. The molecule has 1 N–H and O–H groups in total. The number of hydrogen-bond acceptors (Lipinski definition) is 5. The minimum absolute atomic E-state index is 0.101. The Balaban J connectivity index is 2.26. The van der Waals surface area contributed by atoms with Gasteiger partial charge in [0, 0.05) is 13.2 Å². The summed E-state index contributed by atoms with van der Waals surface area (Å²) in [6.07, 6.45) is 0.821. The Labute approximate surface area is 106 Å². The maximum absolute atomic E-state index is 11.3. The van der Waals surface area contributed by atoms with Gasteiger partial charge in [-0.2, -0.15) is 0 Å². The number of aliphatic imine (C=N–C) groups is 1. The maximum Gasteiger partial charge on any atom is 0.181 e. The summed E-state index contributed by atoms with van der Waals surface area (Å²) >= 11 is 0. The highest BCUT2D eigenvalue weighted by Crippen LogP contribution is 2.29. The van der Waals surface area contributed by atoms with Crippen molar-refractivity contribution in [3.05, 3.63) is 29.8 Å². The number of aliphatic hydroxyl groups excluding tert-OH is 1. The van der Waals surface area contributed by atoms with Crippen LogP contribution in [0, 0.1) is 0 Å². The first kappa shape index (κ1) is 13.0. The first-order valence-electron chi connectivity index (χ1n) is 5.54. The molecule has 2 rings (SSSR count). The van der Waals surface area contributed by atoms with Gasteiger partial charge < -0.3 is 9.84 Å². The van der Waals surface area contributed by atoms with Gasteiger partial charge in [-0.05, 0) is 17.7 Å². The molecule has 2 atom stereocenters. The molecule has 0 saturated heterocycles. The average molecular weight is 269 g/mol. The second kappa shape index (κ2) is 4.70. The van der Waals surface area contributed by atoms with Crippen LogP contribution in [0.2, 0.25) is 0 Å². The van der Waals surface area contributed by atoms with Gasteiger partial charge in [0.15, 0.2) is 15.7 Å². The van der Waals surface area contributed by atoms with E-state index in [0.29, 0.717) is 5.90 Å². The van der Waals surface area contributed by atoms with E-state index in [0.717, 1.165) is 11.8 Å². The van der Waals surface area contributed by atoms with Gasteiger partial charge in [-0.15, -0.1) is 0 Å². The van der Waals surface area contributed by atoms with Crippen LogP contribution in [-0.4, -0.2) is 38.3 Å². The molecule has 0 unspecified atom stereocenters. The Hall–Kier alpha value is -1.40. The van der Waals surface area contributed by atoms with Crippen molar-refractivity contribution in [2.24, 2.45) is 4.99 Å². The summed E-state index contributed by atoms with van der Waals surface area (Å²) < 4.78 is 28.2. The number of benzene rings is 1. The van der Waals surface area contributed by atoms with E-state index < -0.39 is 9.84 Å². The smallest absolute Gasteiger partial charge is 0.181 e. The molecule has 0 bridgehead atoms. The van der Waals surface area contributed by atoms with Crippen molar-refractivity contribution < 1.29 is 18.3 Å². The minimum Gasteiger partial charge on any atom is -0.471 e. The van der Waals surface area contributed by atoms with Gasteiger partial charge in [0.2, 0.25) is 0 Å². The van der Waals surface area contributed by atoms with Crippen LogP contribution in [0.4, 0.5) is 0 Å². The molecule has 0 amide bonds. The van der Waals surface area contributed by atoms with Crippen LogP contribution in [0.5, 0.6) is 0 Å². The van der Waals surface area contributed by atoms with E-state index in [1.165, 1.54) is 12.1 Å². The van der Waals surface area contributed by atoms with Gasteiger partial charge in [0.1, 0.15) is 12.1 Å². The molecule has 1 aliphatic heterocycles. The van der Waals surface area contributed by atoms with E-state index in [2.05, 4.69) is 4.99 Å². The highest BCUT2D eigenvalue weighted by Gasteiger charge is 2.30. The molecule has 1 aromatic rings. The lowest BCUT2D eigenvalue weighted by atomic mass is 10.0. The topological polar surface area (TPSA) is 76.0 Å². The standard InChI is InChI=1S/C12H15NO4S/c1-8-13-11(7-14)12(17-8)9-3-5-10(6-4-9)18(2,15)16/h3-6,11-12,14H,7H2,1-2H3/t11-,12-/m1/s1. The van der Waals surface area contributed by atoms with Crippen LogP contribution in [0.25, 0.3) is 0 Å². The van der Waals surface area contributed by atoms with Gasteiger partial charge in [-0.1, -0.05) is 12.1 Å². The largest absolute Gasteiger partial charge is 0.471 e. The highest BCUT2D eigenvalue weighted by molar-refractivity contribution is 7.90. The number of ether oxygens (including phenoxy) is 1. The molecule has 0 saturated carbocycles. The van der Waals surface area contributed by atoms with Crippen molar-refractivity contribution in [1.29, 1.82) is 0 Å². The number of nitrogens with zero attached hydrogens (tertiary/aromatic N) is 1. The second-order valence-electron chi connectivity index (χ2n) is 4.28. The van der Waals surface area contributed by atoms with Crippen molar-refractivity contribution in [1.82, 2.24) is 0 Å². The third-order valence-electron chi connectivity index (χ3n) is 2.82. The Morgan fingerprint density at radius 3 is 2.44 bits per heavy atom. The summed E-state index contributed by atoms with van der Waals surface area (Å²) in [5.41, 5.74) is 0.807. The lowest BCUT2D eigenvalue weighted by Gasteiger charge is -2.16. The molecule has 6 heteroatoms. The molecule has 1 aromatic carbocycles. The fourth-order valence-electron chi connectivity index (χ4n) is 1.93. The van der Waals surface area contributed by atoms with Gasteiger partial charge in [0.25, 0.3) is 0 Å². The first-order valence-corrected chi connectivity index (χ1v) is 7.43. The summed E-state index contributed by atoms with van der Waals surface area (Å²) in [7, 11) is -3.19. The quantitative estimate of drug-likeness (QED) is 0.886. The lowest BCUT2D eigenvalue weighted by Crippen LogP contribution is -2.17. The molecule has 0 fully saturated rings. The number of aliphatic hydroxyl groups is 1. The van der Waals surface area contributed by atoms with Gasteiger partial charge >= 0.3 is 0 Å². The fourth-order valence-corrected chi connectivity index (χ4v) is 2.56. The fraction of sp³-hybridized carbons (Fsp3) is 0.417. The summed E-state index contributed by atoms with van der Waals surface area (Å²) in [4.78, 5) is 4.43. The molecule has 18 heavy (non-hydrogen) atoms. The lowest BCUT2D eigenvalue weighted by molar-refractivity contribution is 0.150. The third kappa shape index (κ3) is 2.54. The monoisotopic (exact) mass is 269 g/mol. The van der Waals surface area contributed by atoms with Crippen LogP contribution >= 0.6 is 0 Å². The molecule has 0 aliphatic carbocycles. The van der Waals surface area contributed by atoms with Crippen molar-refractivity contribution >= 4 is 15.7 Å². The van der Waals surface area contributed by atoms with Gasteiger partial charge in [-0.25, -0.2) is 13.4 Å². The number of sulfone groups is 1. The average Bonchev–Trinajstić information content (AvgIpc) is 2.69. The van der Waals surface area contributed by atoms with E-state index in [-0.39, 0.29) is 23.6 Å². The molecule has 0 spiro atoms. The molecule has 98 valence electrons. The summed E-state index contributed by atoms with van der Waals surface area (Å²) in [6.45, 7) is 1.63. The summed E-state index contributed by atoms with van der Waals surface area (Å²) in [5, 5.41) is 9.22. The normalized spacial score (nSPS) is 23.6. The van der Waals surface area contributed by atoms with Crippen LogP contribution in [0.1, 0.15) is 18.6 Å². The predicted molar refractivity (Wildman–Crippen MR) is 67.4 cm³/mol. The number of hydrogen-bond donors (Lipinski definition) is 1. The van der Waals surface area contributed by atoms with Crippen LogP contribution in [-0.2, 0) is 14.6 Å². The van der Waals surface area contributed by atoms with Gasteiger partial charge in [0.05, 0.1) is 11.5 Å². The molecular weight excluding hydrogens is 254 g/mol. The maximum atomic E-state index is 11.3. The third-order valence-corrected chi connectivity index (χ3v) is 3.95. The van der Waals surface area contributed by atoms with Crippen molar-refractivity contribution in [3.63, 3.8) is 0 Å². The zero-order chi connectivity index (χ0) is 13.3. The molecule has 5 nitrogen and oxygen atoms in total. The van der Waals surface area contributed by atoms with E-state index in [4.69, 9.17) is 4.74 Å². The van der Waals surface area contributed by atoms with Crippen LogP contribution in [0.3, 0.4) is 0 Å². The SMILES string of the molecule is CC1=N[C@H](CO)[C@@H](c2ccc(S(C)(=O)=O)cc2)O1. The zero-order valence-corrected chi connectivity index (χ0v) is 11.0. The van der Waals surface area contributed by atoms with Crippen molar-refractivity contribution in [2.75, 3.05) is 12.9 Å². The van der Waals surface area contributed by atoms with E-state index in [1.54, 1.807) is 19.1 Å². The first-order chi connectivity index (χ1) is 8.41. The van der Waals surface area contributed by atoms with Crippen molar-refractivity contribution in [3.8, 4) is 0 Å².